The summed E-state index contributed by atoms with van der Waals surface area (Å²) >= 11 is 0. The van der Waals surface area contributed by atoms with E-state index in [0.717, 1.165) is 45.6 Å². The van der Waals surface area contributed by atoms with E-state index in [1.165, 1.54) is 5.56 Å². The third kappa shape index (κ3) is 2.27. The van der Waals surface area contributed by atoms with Crippen molar-refractivity contribution >= 4 is 5.91 Å². The average molecular weight is 248 g/mol. The van der Waals surface area contributed by atoms with Gasteiger partial charge < -0.3 is 4.90 Å². The Bertz CT molecular complexity index is 436. The van der Waals surface area contributed by atoms with Crippen LogP contribution in [-0.4, -0.2) is 58.2 Å². The third-order valence-electron chi connectivity index (χ3n) is 3.90. The second-order valence-corrected chi connectivity index (χ2v) is 5.40. The van der Waals surface area contributed by atoms with E-state index >= 15 is 0 Å². The summed E-state index contributed by atoms with van der Waals surface area (Å²) in [6, 6.07) is 0.521. The van der Waals surface area contributed by atoms with E-state index in [2.05, 4.69) is 27.8 Å². The maximum absolute atomic E-state index is 11.5. The Hall–Kier alpha value is -1.36. The summed E-state index contributed by atoms with van der Waals surface area (Å²) in [4.78, 5) is 15.9. The molecule has 5 heteroatoms. The highest BCUT2D eigenvalue weighted by Gasteiger charge is 2.29. The van der Waals surface area contributed by atoms with E-state index in [-0.39, 0.29) is 0 Å². The summed E-state index contributed by atoms with van der Waals surface area (Å²) < 4.78 is 2.06. The first kappa shape index (κ1) is 11.7. The van der Waals surface area contributed by atoms with Gasteiger partial charge >= 0.3 is 0 Å². The zero-order valence-electron chi connectivity index (χ0n) is 10.9. The van der Waals surface area contributed by atoms with Crippen molar-refractivity contribution in [2.45, 2.75) is 25.8 Å². The molecule has 5 nitrogen and oxygen atoms in total. The molecule has 2 fully saturated rings. The SMILES string of the molecule is Cc1cnn(C2CN(CCN3CCCC3=O)C2)c1. The van der Waals surface area contributed by atoms with E-state index in [1.807, 2.05) is 11.1 Å². The number of amides is 1. The molecule has 98 valence electrons. The highest BCUT2D eigenvalue weighted by atomic mass is 16.2. The number of aryl methyl sites for hydroxylation is 1. The second-order valence-electron chi connectivity index (χ2n) is 5.40. The molecule has 0 atom stereocenters. The topological polar surface area (TPSA) is 41.4 Å². The van der Waals surface area contributed by atoms with Crippen molar-refractivity contribution in [3.8, 4) is 0 Å². The number of hydrogen-bond acceptors (Lipinski definition) is 3. The normalized spacial score (nSPS) is 21.6. The van der Waals surface area contributed by atoms with Crippen LogP contribution in [0.3, 0.4) is 0 Å². The lowest BCUT2D eigenvalue weighted by atomic mass is 10.1. The summed E-state index contributed by atoms with van der Waals surface area (Å²) in [5.74, 6) is 0.328. The fraction of sp³-hybridized carbons (Fsp3) is 0.692. The van der Waals surface area contributed by atoms with E-state index in [0.29, 0.717) is 11.9 Å². The molecule has 0 spiro atoms. The Labute approximate surface area is 107 Å². The minimum absolute atomic E-state index is 0.328. The molecule has 2 aliphatic rings. The maximum atomic E-state index is 11.5. The summed E-state index contributed by atoms with van der Waals surface area (Å²) in [6.07, 6.45) is 5.79. The van der Waals surface area contributed by atoms with Gasteiger partial charge in [0.25, 0.3) is 0 Å². The maximum Gasteiger partial charge on any atom is 0.222 e. The third-order valence-corrected chi connectivity index (χ3v) is 3.90. The molecule has 2 saturated heterocycles. The van der Waals surface area contributed by atoms with Gasteiger partial charge in [-0.15, -0.1) is 0 Å². The summed E-state index contributed by atoms with van der Waals surface area (Å²) in [5, 5.41) is 4.35. The fourth-order valence-electron chi connectivity index (χ4n) is 2.73. The highest BCUT2D eigenvalue weighted by Crippen LogP contribution is 2.20. The molecule has 18 heavy (non-hydrogen) atoms. The van der Waals surface area contributed by atoms with Crippen LogP contribution in [0.25, 0.3) is 0 Å². The molecule has 0 bridgehead atoms. The first-order valence-corrected chi connectivity index (χ1v) is 6.73. The zero-order chi connectivity index (χ0) is 12.5. The average Bonchev–Trinajstić information content (AvgIpc) is 2.86. The molecule has 0 N–H and O–H groups in total. The van der Waals surface area contributed by atoms with Gasteiger partial charge in [-0.25, -0.2) is 0 Å². The van der Waals surface area contributed by atoms with Crippen molar-refractivity contribution in [3.63, 3.8) is 0 Å². The molecule has 0 unspecified atom stereocenters. The predicted molar refractivity (Wildman–Crippen MR) is 68.3 cm³/mol. The van der Waals surface area contributed by atoms with Crippen LogP contribution in [0.2, 0.25) is 0 Å². The number of likely N-dealkylation sites (tertiary alicyclic amines) is 2. The Morgan fingerprint density at radius 2 is 2.22 bits per heavy atom. The number of carbonyl (C=O) groups excluding carboxylic acids is 1. The number of nitrogens with zero attached hydrogens (tertiary/aromatic N) is 4. The van der Waals surface area contributed by atoms with E-state index in [1.54, 1.807) is 0 Å². The van der Waals surface area contributed by atoms with E-state index in [4.69, 9.17) is 0 Å². The van der Waals surface area contributed by atoms with E-state index in [9.17, 15) is 4.79 Å². The molecule has 3 heterocycles. The van der Waals surface area contributed by atoms with Crippen molar-refractivity contribution < 1.29 is 4.79 Å². The standard InChI is InChI=1S/C13H20N4O/c1-11-7-14-17(8-11)12-9-15(10-12)5-6-16-4-2-3-13(16)18/h7-8,12H,2-6,9-10H2,1H3. The van der Waals surface area contributed by atoms with Crippen molar-refractivity contribution in [1.29, 1.82) is 0 Å². The second kappa shape index (κ2) is 4.72. The van der Waals surface area contributed by atoms with Crippen LogP contribution in [-0.2, 0) is 4.79 Å². The zero-order valence-corrected chi connectivity index (χ0v) is 10.9. The summed E-state index contributed by atoms with van der Waals surface area (Å²) in [5.41, 5.74) is 1.22. The Morgan fingerprint density at radius 1 is 1.39 bits per heavy atom. The molecule has 3 rings (SSSR count). The summed E-state index contributed by atoms with van der Waals surface area (Å²) in [7, 11) is 0. The van der Waals surface area contributed by atoms with Crippen LogP contribution in [0, 0.1) is 6.92 Å². The lowest BCUT2D eigenvalue weighted by Crippen LogP contribution is -2.50. The van der Waals surface area contributed by atoms with Gasteiger partial charge in [0.05, 0.1) is 12.2 Å². The van der Waals surface area contributed by atoms with Crippen LogP contribution in [0.5, 0.6) is 0 Å². The van der Waals surface area contributed by atoms with Gasteiger partial charge in [0.2, 0.25) is 5.91 Å². The molecule has 0 saturated carbocycles. The van der Waals surface area contributed by atoms with Crippen LogP contribution in [0.4, 0.5) is 0 Å². The minimum Gasteiger partial charge on any atom is -0.341 e. The van der Waals surface area contributed by atoms with Crippen LogP contribution >= 0.6 is 0 Å². The van der Waals surface area contributed by atoms with E-state index < -0.39 is 0 Å². The molecule has 1 aromatic rings. The predicted octanol–water partition coefficient (Wildman–Crippen LogP) is 0.671. The van der Waals surface area contributed by atoms with Gasteiger partial charge in [0, 0.05) is 45.3 Å². The smallest absolute Gasteiger partial charge is 0.222 e. The number of rotatable bonds is 4. The van der Waals surface area contributed by atoms with Gasteiger partial charge in [0.1, 0.15) is 0 Å². The Kier molecular flexibility index (Phi) is 3.07. The molecule has 2 aliphatic heterocycles. The van der Waals surface area contributed by atoms with Crippen LogP contribution in [0.1, 0.15) is 24.4 Å². The lowest BCUT2D eigenvalue weighted by molar-refractivity contribution is -0.128. The first-order valence-electron chi connectivity index (χ1n) is 6.73. The lowest BCUT2D eigenvalue weighted by Gasteiger charge is -2.39. The van der Waals surface area contributed by atoms with Gasteiger partial charge in [-0.3, -0.25) is 14.4 Å². The molecular formula is C13H20N4O. The number of hydrogen-bond donors (Lipinski definition) is 0. The molecule has 1 aromatic heterocycles. The summed E-state index contributed by atoms with van der Waals surface area (Å²) in [6.45, 7) is 7.03. The Morgan fingerprint density at radius 3 is 2.83 bits per heavy atom. The van der Waals surface area contributed by atoms with Crippen molar-refractivity contribution in [1.82, 2.24) is 19.6 Å². The first-order chi connectivity index (χ1) is 8.72. The molecular weight excluding hydrogens is 228 g/mol. The van der Waals surface area contributed by atoms with Crippen molar-refractivity contribution in [2.24, 2.45) is 0 Å². The van der Waals surface area contributed by atoms with Crippen molar-refractivity contribution in [2.75, 3.05) is 32.7 Å². The van der Waals surface area contributed by atoms with Gasteiger partial charge in [-0.1, -0.05) is 0 Å². The van der Waals surface area contributed by atoms with Gasteiger partial charge in [-0.2, -0.15) is 5.10 Å². The Balaban J connectivity index is 1.41. The van der Waals surface area contributed by atoms with Crippen LogP contribution < -0.4 is 0 Å². The highest BCUT2D eigenvalue weighted by molar-refractivity contribution is 5.78. The number of carbonyl (C=O) groups is 1. The molecule has 0 radical (unpaired) electrons. The van der Waals surface area contributed by atoms with Crippen molar-refractivity contribution in [3.05, 3.63) is 18.0 Å². The van der Waals surface area contributed by atoms with Gasteiger partial charge in [-0.05, 0) is 18.9 Å². The van der Waals surface area contributed by atoms with Gasteiger partial charge in [0.15, 0.2) is 0 Å². The molecule has 1 amide bonds. The molecule has 0 aliphatic carbocycles. The van der Waals surface area contributed by atoms with Crippen LogP contribution in [0.15, 0.2) is 12.4 Å². The monoisotopic (exact) mass is 248 g/mol. The fourth-order valence-corrected chi connectivity index (χ4v) is 2.73. The largest absolute Gasteiger partial charge is 0.341 e. The quantitative estimate of drug-likeness (QED) is 0.786. The minimum atomic E-state index is 0.328. The molecule has 0 aromatic carbocycles. The number of aromatic nitrogens is 2.